The molecule has 0 amide bonds. The van der Waals surface area contributed by atoms with Gasteiger partial charge in [0.15, 0.2) is 11.6 Å². The number of ketones is 1. The van der Waals surface area contributed by atoms with E-state index in [1.165, 1.54) is 6.07 Å². The minimum absolute atomic E-state index is 0.0530. The summed E-state index contributed by atoms with van der Waals surface area (Å²) in [5, 5.41) is 7.87. The molecule has 158 valence electrons. The zero-order valence-corrected chi connectivity index (χ0v) is 17.2. The molecule has 3 aromatic rings. The number of anilines is 1. The molecule has 2 heterocycles. The van der Waals surface area contributed by atoms with E-state index in [0.717, 1.165) is 24.1 Å². The highest BCUT2D eigenvalue weighted by molar-refractivity contribution is 5.99. The molecule has 0 saturated heterocycles. The van der Waals surface area contributed by atoms with E-state index < -0.39 is 11.9 Å². The molecular weight excluding hydrogens is 399 g/mol. The maximum absolute atomic E-state index is 14.4. The first-order chi connectivity index (χ1) is 15.1. The van der Waals surface area contributed by atoms with Crippen molar-refractivity contribution >= 4 is 11.7 Å². The Balaban J connectivity index is 1.74. The first-order valence-electron chi connectivity index (χ1n) is 10.1. The smallest absolute Gasteiger partial charge is 0.226 e. The fourth-order valence-corrected chi connectivity index (χ4v) is 4.25. The number of nitrogens with zero attached hydrogens (tertiary/aromatic N) is 3. The van der Waals surface area contributed by atoms with Crippen molar-refractivity contribution < 1.29 is 18.7 Å². The molecule has 1 unspecified atom stereocenters. The van der Waals surface area contributed by atoms with Crippen molar-refractivity contribution in [2.24, 2.45) is 0 Å². The molecule has 1 aliphatic heterocycles. The van der Waals surface area contributed by atoms with Gasteiger partial charge in [0.05, 0.1) is 19.8 Å². The summed E-state index contributed by atoms with van der Waals surface area (Å²) in [6.45, 7) is 0. The summed E-state index contributed by atoms with van der Waals surface area (Å²) in [5.74, 6) is 1.59. The van der Waals surface area contributed by atoms with E-state index in [0.29, 0.717) is 35.0 Å². The van der Waals surface area contributed by atoms with Gasteiger partial charge < -0.3 is 14.8 Å². The molecule has 1 N–H and O–H groups in total. The van der Waals surface area contributed by atoms with Crippen LogP contribution in [0.3, 0.4) is 0 Å². The van der Waals surface area contributed by atoms with Gasteiger partial charge in [-0.05, 0) is 43.2 Å². The number of hydrogen-bond donors (Lipinski definition) is 1. The standard InChI is InChI=1S/C23H21FN4O3/c1-30-13-10-11-19(31-2)15(12-13)21-20-17(8-5-9-18(20)29)25-23-26-22(27-28(21)23)14-6-3-4-7-16(14)24/h3-4,6-7,10-12,21H,5,8-9H2,1-2H3,(H,25,26,27). The average Bonchev–Trinajstić information content (AvgIpc) is 3.21. The fourth-order valence-electron chi connectivity index (χ4n) is 4.25. The Morgan fingerprint density at radius 3 is 2.74 bits per heavy atom. The number of rotatable bonds is 4. The van der Waals surface area contributed by atoms with Gasteiger partial charge in [-0.3, -0.25) is 4.79 Å². The van der Waals surface area contributed by atoms with Gasteiger partial charge in [0.25, 0.3) is 0 Å². The van der Waals surface area contributed by atoms with Gasteiger partial charge in [0, 0.05) is 23.3 Å². The van der Waals surface area contributed by atoms with Crippen LogP contribution >= 0.6 is 0 Å². The number of benzene rings is 2. The average molecular weight is 420 g/mol. The number of carbonyl (C=O) groups is 1. The number of methoxy groups -OCH3 is 2. The van der Waals surface area contributed by atoms with E-state index in [-0.39, 0.29) is 11.6 Å². The monoisotopic (exact) mass is 420 g/mol. The molecular formula is C23H21FN4O3. The molecule has 7 nitrogen and oxygen atoms in total. The van der Waals surface area contributed by atoms with Crippen LogP contribution < -0.4 is 14.8 Å². The van der Waals surface area contributed by atoms with Crippen molar-refractivity contribution in [3.63, 3.8) is 0 Å². The Morgan fingerprint density at radius 1 is 1.13 bits per heavy atom. The minimum Gasteiger partial charge on any atom is -0.497 e. The normalized spacial score (nSPS) is 17.6. The predicted molar refractivity (Wildman–Crippen MR) is 113 cm³/mol. The molecule has 0 fully saturated rings. The first-order valence-corrected chi connectivity index (χ1v) is 10.1. The fraction of sp³-hybridized carbons (Fsp3) is 0.261. The SMILES string of the molecule is COc1ccc(OC)c(C2C3=C(CCCC3=O)Nc3nc(-c4ccccc4F)nn32)c1. The number of nitrogens with one attached hydrogen (secondary N) is 1. The van der Waals surface area contributed by atoms with Crippen LogP contribution in [0.25, 0.3) is 11.4 Å². The maximum Gasteiger partial charge on any atom is 0.226 e. The van der Waals surface area contributed by atoms with Crippen LogP contribution in [0.5, 0.6) is 11.5 Å². The number of ether oxygens (including phenoxy) is 2. The first kappa shape index (κ1) is 19.3. The third kappa shape index (κ3) is 3.15. The number of aromatic nitrogens is 3. The molecule has 1 aliphatic carbocycles. The Bertz CT molecular complexity index is 1220. The Hall–Kier alpha value is -3.68. The molecule has 2 aliphatic rings. The summed E-state index contributed by atoms with van der Waals surface area (Å²) in [5.41, 5.74) is 2.49. The molecule has 2 aromatic carbocycles. The Kier molecular flexibility index (Phi) is 4.69. The van der Waals surface area contributed by atoms with Gasteiger partial charge >= 0.3 is 0 Å². The Labute approximate surface area is 178 Å². The molecule has 1 atom stereocenters. The summed E-state index contributed by atoms with van der Waals surface area (Å²) in [6.07, 6.45) is 1.96. The van der Waals surface area contributed by atoms with Crippen LogP contribution in [0.4, 0.5) is 10.3 Å². The summed E-state index contributed by atoms with van der Waals surface area (Å²) in [6, 6.07) is 11.3. The highest BCUT2D eigenvalue weighted by Gasteiger charge is 2.38. The van der Waals surface area contributed by atoms with Gasteiger partial charge in [-0.2, -0.15) is 4.98 Å². The van der Waals surface area contributed by atoms with E-state index in [9.17, 15) is 9.18 Å². The number of Topliss-reactive ketones (excluding diaryl/α,β-unsaturated/α-hetero) is 1. The van der Waals surface area contributed by atoms with Gasteiger partial charge in [0.2, 0.25) is 5.95 Å². The summed E-state index contributed by atoms with van der Waals surface area (Å²) in [7, 11) is 3.17. The molecule has 5 rings (SSSR count). The third-order valence-electron chi connectivity index (χ3n) is 5.71. The van der Waals surface area contributed by atoms with Crippen LogP contribution in [0, 0.1) is 5.82 Å². The van der Waals surface area contributed by atoms with Gasteiger partial charge in [-0.1, -0.05) is 12.1 Å². The summed E-state index contributed by atoms with van der Waals surface area (Å²) < 4.78 is 27.1. The van der Waals surface area contributed by atoms with Gasteiger partial charge in [-0.15, -0.1) is 5.10 Å². The van der Waals surface area contributed by atoms with E-state index in [1.807, 2.05) is 6.07 Å². The van der Waals surface area contributed by atoms with Gasteiger partial charge in [0.1, 0.15) is 23.4 Å². The highest BCUT2D eigenvalue weighted by Crippen LogP contribution is 2.44. The molecule has 0 saturated carbocycles. The lowest BCUT2D eigenvalue weighted by Crippen LogP contribution is -2.31. The molecule has 8 heteroatoms. The van der Waals surface area contributed by atoms with Crippen LogP contribution in [-0.4, -0.2) is 34.8 Å². The second kappa shape index (κ2) is 7.54. The van der Waals surface area contributed by atoms with Crippen molar-refractivity contribution in [3.8, 4) is 22.9 Å². The molecule has 0 spiro atoms. The van der Waals surface area contributed by atoms with Crippen molar-refractivity contribution in [3.05, 3.63) is 65.1 Å². The second-order valence-electron chi connectivity index (χ2n) is 7.49. The van der Waals surface area contributed by atoms with Crippen LogP contribution in [-0.2, 0) is 4.79 Å². The zero-order chi connectivity index (χ0) is 21.5. The molecule has 0 radical (unpaired) electrons. The molecule has 31 heavy (non-hydrogen) atoms. The lowest BCUT2D eigenvalue weighted by atomic mass is 9.85. The minimum atomic E-state index is -0.558. The van der Waals surface area contributed by atoms with E-state index in [4.69, 9.17) is 9.47 Å². The van der Waals surface area contributed by atoms with Crippen molar-refractivity contribution in [2.75, 3.05) is 19.5 Å². The van der Waals surface area contributed by atoms with Crippen LogP contribution in [0.15, 0.2) is 53.7 Å². The number of halogens is 1. The van der Waals surface area contributed by atoms with E-state index in [2.05, 4.69) is 15.4 Å². The predicted octanol–water partition coefficient (Wildman–Crippen LogP) is 4.12. The van der Waals surface area contributed by atoms with Crippen molar-refractivity contribution in [1.82, 2.24) is 14.8 Å². The van der Waals surface area contributed by atoms with Crippen LogP contribution in [0.2, 0.25) is 0 Å². The summed E-state index contributed by atoms with van der Waals surface area (Å²) in [4.78, 5) is 17.6. The topological polar surface area (TPSA) is 78.3 Å². The van der Waals surface area contributed by atoms with Crippen molar-refractivity contribution in [1.29, 1.82) is 0 Å². The maximum atomic E-state index is 14.4. The van der Waals surface area contributed by atoms with E-state index >= 15 is 0 Å². The van der Waals surface area contributed by atoms with Crippen molar-refractivity contribution in [2.45, 2.75) is 25.3 Å². The van der Waals surface area contributed by atoms with Crippen LogP contribution in [0.1, 0.15) is 30.9 Å². The number of allylic oxidation sites excluding steroid dienone is 2. The largest absolute Gasteiger partial charge is 0.497 e. The van der Waals surface area contributed by atoms with Gasteiger partial charge in [-0.25, -0.2) is 9.07 Å². The zero-order valence-electron chi connectivity index (χ0n) is 17.2. The summed E-state index contributed by atoms with van der Waals surface area (Å²) >= 11 is 0. The molecule has 0 bridgehead atoms. The number of hydrogen-bond acceptors (Lipinski definition) is 6. The number of carbonyl (C=O) groups excluding carboxylic acids is 1. The Morgan fingerprint density at radius 2 is 1.97 bits per heavy atom. The molecule has 1 aromatic heterocycles. The third-order valence-corrected chi connectivity index (χ3v) is 5.71. The lowest BCUT2D eigenvalue weighted by Gasteiger charge is -2.32. The van der Waals surface area contributed by atoms with E-state index in [1.54, 1.807) is 49.2 Å². The highest BCUT2D eigenvalue weighted by atomic mass is 19.1. The second-order valence-corrected chi connectivity index (χ2v) is 7.49. The number of fused-ring (bicyclic) bond motifs is 1. The lowest BCUT2D eigenvalue weighted by molar-refractivity contribution is -0.116. The quantitative estimate of drug-likeness (QED) is 0.684.